The van der Waals surface area contributed by atoms with Gasteiger partial charge in [0.1, 0.15) is 11.2 Å². The Kier molecular flexibility index (Phi) is 6.81. The molecule has 1 aromatic rings. The van der Waals surface area contributed by atoms with Crippen LogP contribution in [0.1, 0.15) is 41.5 Å². The number of anilines is 1. The first-order valence-corrected chi connectivity index (χ1v) is 8.74. The molecule has 0 saturated heterocycles. The molecule has 0 atom stereocenters. The van der Waals surface area contributed by atoms with Gasteiger partial charge in [-0.15, -0.1) is 4.90 Å². The third-order valence-corrected chi connectivity index (χ3v) is 3.44. The Morgan fingerprint density at radius 1 is 1.00 bits per heavy atom. The molecular weight excluding hydrogens is 437 g/mol. The summed E-state index contributed by atoms with van der Waals surface area (Å²) in [5.41, 5.74) is -1.05. The molecular formula is C17H24IN3O4. The van der Waals surface area contributed by atoms with E-state index in [-0.39, 0.29) is 0 Å². The second kappa shape index (κ2) is 8.03. The number of para-hydroxylation sites is 1. The number of hydrogen-bond donors (Lipinski definition) is 2. The largest absolute Gasteiger partial charge is 0.443 e. The molecule has 1 aromatic carbocycles. The number of ether oxygens (including phenoxy) is 2. The molecule has 8 heteroatoms. The van der Waals surface area contributed by atoms with Gasteiger partial charge in [0.05, 0.1) is 5.69 Å². The summed E-state index contributed by atoms with van der Waals surface area (Å²) in [6.07, 6.45) is -1.96. The van der Waals surface area contributed by atoms with Crippen molar-refractivity contribution in [3.05, 3.63) is 27.8 Å². The molecule has 0 radical (unpaired) electrons. The quantitative estimate of drug-likeness (QED) is 0.356. The number of guanidine groups is 1. The Bertz CT molecular complexity index is 635. The van der Waals surface area contributed by atoms with E-state index < -0.39 is 29.3 Å². The number of imide groups is 1. The predicted octanol–water partition coefficient (Wildman–Crippen LogP) is 4.81. The van der Waals surface area contributed by atoms with Crippen LogP contribution < -0.4 is 5.32 Å². The smallest absolute Gasteiger partial charge is 0.427 e. The van der Waals surface area contributed by atoms with Crippen LogP contribution in [0.25, 0.3) is 0 Å². The fourth-order valence-electron chi connectivity index (χ4n) is 1.62. The summed E-state index contributed by atoms with van der Waals surface area (Å²) in [5, 5.41) is 10.9. The predicted molar refractivity (Wildman–Crippen MR) is 105 cm³/mol. The van der Waals surface area contributed by atoms with Crippen molar-refractivity contribution in [1.82, 2.24) is 4.90 Å². The van der Waals surface area contributed by atoms with Gasteiger partial charge in [-0.1, -0.05) is 12.1 Å². The fraction of sp³-hybridized carbons (Fsp3) is 0.471. The molecule has 138 valence electrons. The number of benzene rings is 1. The second-order valence-corrected chi connectivity index (χ2v) is 8.41. The maximum atomic E-state index is 12.4. The first kappa shape index (κ1) is 21.2. The molecule has 0 bridgehead atoms. The lowest BCUT2D eigenvalue weighted by Crippen LogP contribution is -2.49. The number of amides is 2. The molecule has 2 amide bonds. The van der Waals surface area contributed by atoms with Crippen LogP contribution in [-0.4, -0.2) is 34.2 Å². The van der Waals surface area contributed by atoms with E-state index in [1.165, 1.54) is 0 Å². The van der Waals surface area contributed by atoms with Crippen LogP contribution in [-0.2, 0) is 9.47 Å². The Hall–Kier alpha value is -1.84. The van der Waals surface area contributed by atoms with Crippen LogP contribution >= 0.6 is 22.6 Å². The summed E-state index contributed by atoms with van der Waals surface area (Å²) >= 11 is 2.09. The van der Waals surface area contributed by atoms with E-state index in [0.717, 1.165) is 3.57 Å². The zero-order valence-electron chi connectivity index (χ0n) is 15.3. The average molecular weight is 461 g/mol. The molecule has 0 aromatic heterocycles. The molecule has 0 fully saturated rings. The van der Waals surface area contributed by atoms with Crippen molar-refractivity contribution in [2.45, 2.75) is 52.7 Å². The Morgan fingerprint density at radius 2 is 1.44 bits per heavy atom. The van der Waals surface area contributed by atoms with Gasteiger partial charge in [-0.3, -0.25) is 5.41 Å². The minimum atomic E-state index is -0.981. The number of carbonyl (C=O) groups is 2. The Morgan fingerprint density at radius 3 is 1.84 bits per heavy atom. The molecule has 0 heterocycles. The molecule has 25 heavy (non-hydrogen) atoms. The Balaban J connectivity index is 3.08. The van der Waals surface area contributed by atoms with Gasteiger partial charge in [0.15, 0.2) is 0 Å². The van der Waals surface area contributed by atoms with Crippen molar-refractivity contribution in [1.29, 1.82) is 5.41 Å². The molecule has 1 rings (SSSR count). The van der Waals surface area contributed by atoms with Gasteiger partial charge >= 0.3 is 12.2 Å². The number of nitrogens with zero attached hydrogens (tertiary/aromatic N) is 1. The highest BCUT2D eigenvalue weighted by Gasteiger charge is 2.34. The van der Waals surface area contributed by atoms with E-state index in [2.05, 4.69) is 27.9 Å². The highest BCUT2D eigenvalue weighted by atomic mass is 127. The number of rotatable bonds is 1. The lowest BCUT2D eigenvalue weighted by molar-refractivity contribution is 0.0146. The van der Waals surface area contributed by atoms with Crippen LogP contribution in [0.15, 0.2) is 24.3 Å². The molecule has 7 nitrogen and oxygen atoms in total. The molecule has 0 aliphatic heterocycles. The van der Waals surface area contributed by atoms with Crippen LogP contribution in [0, 0.1) is 8.98 Å². The van der Waals surface area contributed by atoms with Crippen molar-refractivity contribution in [3.63, 3.8) is 0 Å². The van der Waals surface area contributed by atoms with E-state index in [9.17, 15) is 9.59 Å². The highest BCUT2D eigenvalue weighted by Crippen LogP contribution is 2.19. The summed E-state index contributed by atoms with van der Waals surface area (Å²) in [5.74, 6) is -0.451. The molecule has 0 aliphatic carbocycles. The third kappa shape index (κ3) is 7.29. The van der Waals surface area contributed by atoms with Gasteiger partial charge in [0.2, 0.25) is 5.96 Å². The fourth-order valence-corrected chi connectivity index (χ4v) is 2.14. The third-order valence-electron chi connectivity index (χ3n) is 2.50. The van der Waals surface area contributed by atoms with Crippen LogP contribution in [0.5, 0.6) is 0 Å². The van der Waals surface area contributed by atoms with Crippen molar-refractivity contribution in [3.8, 4) is 0 Å². The average Bonchev–Trinajstić information content (AvgIpc) is 2.37. The topological polar surface area (TPSA) is 91.7 Å². The van der Waals surface area contributed by atoms with Crippen LogP contribution in [0.4, 0.5) is 15.3 Å². The van der Waals surface area contributed by atoms with Crippen molar-refractivity contribution >= 4 is 46.4 Å². The summed E-state index contributed by atoms with van der Waals surface area (Å²) in [6.45, 7) is 10.1. The Labute approximate surface area is 161 Å². The maximum absolute atomic E-state index is 12.4. The SMILES string of the molecule is CC(C)(C)OC(=O)N(C(=N)Nc1ccccc1I)C(=O)OC(C)(C)C. The van der Waals surface area contributed by atoms with Crippen molar-refractivity contribution < 1.29 is 19.1 Å². The van der Waals surface area contributed by atoms with Crippen molar-refractivity contribution in [2.75, 3.05) is 5.32 Å². The van der Waals surface area contributed by atoms with Gasteiger partial charge in [-0.05, 0) is 76.3 Å². The van der Waals surface area contributed by atoms with E-state index in [1.54, 1.807) is 53.7 Å². The first-order chi connectivity index (χ1) is 11.3. The van der Waals surface area contributed by atoms with Gasteiger partial charge in [-0.25, -0.2) is 9.59 Å². The number of nitrogens with one attached hydrogen (secondary N) is 2. The molecule has 0 saturated carbocycles. The molecule has 0 aliphatic rings. The minimum Gasteiger partial charge on any atom is -0.443 e. The summed E-state index contributed by atoms with van der Waals surface area (Å²) in [4.78, 5) is 25.4. The van der Waals surface area contributed by atoms with E-state index >= 15 is 0 Å². The lowest BCUT2D eigenvalue weighted by Gasteiger charge is -2.28. The van der Waals surface area contributed by atoms with Gasteiger partial charge in [0, 0.05) is 3.57 Å². The normalized spacial score (nSPS) is 11.5. The summed E-state index contributed by atoms with van der Waals surface area (Å²) in [7, 11) is 0. The second-order valence-electron chi connectivity index (χ2n) is 7.25. The lowest BCUT2D eigenvalue weighted by atomic mass is 10.2. The van der Waals surface area contributed by atoms with Gasteiger partial charge in [0.25, 0.3) is 0 Å². The standard InChI is InChI=1S/C17H24IN3O4/c1-16(2,3)24-14(22)21(15(23)25-17(4,5)6)13(19)20-12-10-8-7-9-11(12)18/h7-10H,1-6H3,(H2,19,20). The van der Waals surface area contributed by atoms with Gasteiger partial charge in [-0.2, -0.15) is 0 Å². The zero-order chi connectivity index (χ0) is 19.4. The molecule has 0 unspecified atom stereocenters. The van der Waals surface area contributed by atoms with Crippen LogP contribution in [0.3, 0.4) is 0 Å². The van der Waals surface area contributed by atoms with E-state index in [0.29, 0.717) is 10.6 Å². The summed E-state index contributed by atoms with van der Waals surface area (Å²) < 4.78 is 11.3. The van der Waals surface area contributed by atoms with Crippen LogP contribution in [0.2, 0.25) is 0 Å². The monoisotopic (exact) mass is 461 g/mol. The number of hydrogen-bond acceptors (Lipinski definition) is 5. The molecule has 0 spiro atoms. The summed E-state index contributed by atoms with van der Waals surface area (Å²) in [6, 6.07) is 7.19. The molecule has 2 N–H and O–H groups in total. The van der Waals surface area contributed by atoms with E-state index in [1.807, 2.05) is 12.1 Å². The van der Waals surface area contributed by atoms with Crippen molar-refractivity contribution in [2.24, 2.45) is 0 Å². The minimum absolute atomic E-state index is 0.451. The number of halogens is 1. The zero-order valence-corrected chi connectivity index (χ0v) is 17.4. The first-order valence-electron chi connectivity index (χ1n) is 7.66. The maximum Gasteiger partial charge on any atom is 0.427 e. The highest BCUT2D eigenvalue weighted by molar-refractivity contribution is 14.1. The van der Waals surface area contributed by atoms with E-state index in [4.69, 9.17) is 14.9 Å². The number of carbonyl (C=O) groups excluding carboxylic acids is 2. The van der Waals surface area contributed by atoms with Gasteiger partial charge < -0.3 is 14.8 Å².